The van der Waals surface area contributed by atoms with Gasteiger partial charge in [0.25, 0.3) is 0 Å². The summed E-state index contributed by atoms with van der Waals surface area (Å²) in [6, 6.07) is 5.52. The van der Waals surface area contributed by atoms with Crippen molar-refractivity contribution in [1.29, 1.82) is 0 Å². The van der Waals surface area contributed by atoms with Crippen LogP contribution in [0.2, 0.25) is 0 Å². The SMILES string of the molecule is NC1CCN(c2ccc(OCC3CCCC3)cc2F)CC1. The van der Waals surface area contributed by atoms with Crippen LogP contribution in [0.15, 0.2) is 18.2 Å². The number of halogens is 1. The highest BCUT2D eigenvalue weighted by atomic mass is 19.1. The third-order valence-electron chi connectivity index (χ3n) is 4.76. The highest BCUT2D eigenvalue weighted by Crippen LogP contribution is 2.29. The maximum Gasteiger partial charge on any atom is 0.150 e. The zero-order chi connectivity index (χ0) is 14.7. The molecule has 0 radical (unpaired) electrons. The first-order valence-corrected chi connectivity index (χ1v) is 8.15. The highest BCUT2D eigenvalue weighted by molar-refractivity contribution is 5.51. The van der Waals surface area contributed by atoms with Crippen molar-refractivity contribution in [3.63, 3.8) is 0 Å². The van der Waals surface area contributed by atoms with Crippen LogP contribution < -0.4 is 15.4 Å². The molecule has 0 atom stereocenters. The summed E-state index contributed by atoms with van der Waals surface area (Å²) in [4.78, 5) is 2.08. The van der Waals surface area contributed by atoms with E-state index in [1.165, 1.54) is 31.7 Å². The van der Waals surface area contributed by atoms with E-state index in [1.807, 2.05) is 12.1 Å². The summed E-state index contributed by atoms with van der Waals surface area (Å²) < 4.78 is 20.0. The Labute approximate surface area is 126 Å². The number of anilines is 1. The Bertz CT molecular complexity index is 466. The smallest absolute Gasteiger partial charge is 0.150 e. The molecule has 0 unspecified atom stereocenters. The van der Waals surface area contributed by atoms with E-state index >= 15 is 0 Å². The Hall–Kier alpha value is -1.29. The minimum Gasteiger partial charge on any atom is -0.493 e. The van der Waals surface area contributed by atoms with Gasteiger partial charge in [0.1, 0.15) is 11.6 Å². The van der Waals surface area contributed by atoms with E-state index in [9.17, 15) is 4.39 Å². The predicted molar refractivity (Wildman–Crippen MR) is 83.3 cm³/mol. The first-order valence-electron chi connectivity index (χ1n) is 8.15. The fraction of sp³-hybridized carbons (Fsp3) is 0.647. The number of nitrogens with zero attached hydrogens (tertiary/aromatic N) is 1. The van der Waals surface area contributed by atoms with Crippen LogP contribution in [0.4, 0.5) is 10.1 Å². The topological polar surface area (TPSA) is 38.5 Å². The molecule has 4 heteroatoms. The largest absolute Gasteiger partial charge is 0.493 e. The number of rotatable bonds is 4. The molecule has 0 amide bonds. The van der Waals surface area contributed by atoms with Crippen LogP contribution in [0.1, 0.15) is 38.5 Å². The molecule has 116 valence electrons. The molecular formula is C17H25FN2O. The van der Waals surface area contributed by atoms with Gasteiger partial charge < -0.3 is 15.4 Å². The van der Waals surface area contributed by atoms with Gasteiger partial charge in [0.2, 0.25) is 0 Å². The molecule has 21 heavy (non-hydrogen) atoms. The van der Waals surface area contributed by atoms with Crippen molar-refractivity contribution >= 4 is 5.69 Å². The van der Waals surface area contributed by atoms with E-state index in [-0.39, 0.29) is 11.9 Å². The molecule has 0 spiro atoms. The lowest BCUT2D eigenvalue weighted by atomic mass is 10.1. The standard InChI is InChI=1S/C17H25FN2O/c18-16-11-15(21-12-13-3-1-2-4-13)5-6-17(16)20-9-7-14(19)8-10-20/h5-6,11,13-14H,1-4,7-10,12,19H2. The molecular weight excluding hydrogens is 267 g/mol. The molecule has 0 bridgehead atoms. The number of ether oxygens (including phenoxy) is 1. The van der Waals surface area contributed by atoms with Crippen LogP contribution >= 0.6 is 0 Å². The molecule has 1 saturated heterocycles. The van der Waals surface area contributed by atoms with Crippen molar-refractivity contribution in [1.82, 2.24) is 0 Å². The van der Waals surface area contributed by atoms with Gasteiger partial charge in [0.15, 0.2) is 0 Å². The van der Waals surface area contributed by atoms with E-state index in [0.29, 0.717) is 17.4 Å². The van der Waals surface area contributed by atoms with Crippen LogP contribution in [-0.2, 0) is 0 Å². The Morgan fingerprint density at radius 1 is 1.14 bits per heavy atom. The van der Waals surface area contributed by atoms with Gasteiger partial charge in [-0.3, -0.25) is 0 Å². The summed E-state index contributed by atoms with van der Waals surface area (Å²) in [6.45, 7) is 2.39. The molecule has 1 aromatic rings. The van der Waals surface area contributed by atoms with Crippen molar-refractivity contribution < 1.29 is 9.13 Å². The molecule has 1 aliphatic heterocycles. The Morgan fingerprint density at radius 3 is 2.52 bits per heavy atom. The zero-order valence-electron chi connectivity index (χ0n) is 12.6. The van der Waals surface area contributed by atoms with E-state index in [1.54, 1.807) is 0 Å². The molecule has 1 heterocycles. The Balaban J connectivity index is 1.59. The first kappa shape index (κ1) is 14.6. The van der Waals surface area contributed by atoms with E-state index in [2.05, 4.69) is 4.90 Å². The molecule has 3 rings (SSSR count). The Kier molecular flexibility index (Phi) is 4.63. The summed E-state index contributed by atoms with van der Waals surface area (Å²) >= 11 is 0. The van der Waals surface area contributed by atoms with Crippen LogP contribution in [0.3, 0.4) is 0 Å². The van der Waals surface area contributed by atoms with Crippen LogP contribution in [0.25, 0.3) is 0 Å². The van der Waals surface area contributed by atoms with Crippen LogP contribution in [0, 0.1) is 11.7 Å². The second-order valence-electron chi connectivity index (χ2n) is 6.40. The van der Waals surface area contributed by atoms with Gasteiger partial charge in [-0.2, -0.15) is 0 Å². The highest BCUT2D eigenvalue weighted by Gasteiger charge is 2.20. The quantitative estimate of drug-likeness (QED) is 0.925. The fourth-order valence-electron chi connectivity index (χ4n) is 3.37. The summed E-state index contributed by atoms with van der Waals surface area (Å²) in [5.41, 5.74) is 6.57. The van der Waals surface area contributed by atoms with Crippen molar-refractivity contribution in [2.45, 2.75) is 44.6 Å². The minimum absolute atomic E-state index is 0.186. The van der Waals surface area contributed by atoms with E-state index in [4.69, 9.17) is 10.5 Å². The number of nitrogens with two attached hydrogens (primary N) is 1. The molecule has 2 N–H and O–H groups in total. The van der Waals surface area contributed by atoms with Gasteiger partial charge in [0, 0.05) is 25.2 Å². The third-order valence-corrected chi connectivity index (χ3v) is 4.76. The molecule has 1 aromatic carbocycles. The van der Waals surface area contributed by atoms with E-state index < -0.39 is 0 Å². The molecule has 2 fully saturated rings. The van der Waals surface area contributed by atoms with Gasteiger partial charge in [-0.15, -0.1) is 0 Å². The lowest BCUT2D eigenvalue weighted by molar-refractivity contribution is 0.251. The minimum atomic E-state index is -0.186. The lowest BCUT2D eigenvalue weighted by Gasteiger charge is -2.32. The number of piperidine rings is 1. The van der Waals surface area contributed by atoms with Crippen LogP contribution in [0.5, 0.6) is 5.75 Å². The summed E-state index contributed by atoms with van der Waals surface area (Å²) in [6.07, 6.45) is 6.96. The molecule has 1 saturated carbocycles. The van der Waals surface area contributed by atoms with Gasteiger partial charge in [-0.25, -0.2) is 4.39 Å². The zero-order valence-corrected chi connectivity index (χ0v) is 12.6. The molecule has 0 aromatic heterocycles. The van der Waals surface area contributed by atoms with E-state index in [0.717, 1.165) is 32.5 Å². The van der Waals surface area contributed by atoms with Crippen molar-refractivity contribution in [3.8, 4) is 5.75 Å². The summed E-state index contributed by atoms with van der Waals surface area (Å²) in [5, 5.41) is 0. The third kappa shape index (κ3) is 3.67. The number of benzene rings is 1. The molecule has 2 aliphatic rings. The number of hydrogen-bond acceptors (Lipinski definition) is 3. The predicted octanol–water partition coefficient (Wildman–Crippen LogP) is 3.32. The maximum absolute atomic E-state index is 14.3. The first-order chi connectivity index (χ1) is 10.2. The van der Waals surface area contributed by atoms with Gasteiger partial charge in [-0.1, -0.05) is 12.8 Å². The monoisotopic (exact) mass is 292 g/mol. The van der Waals surface area contributed by atoms with Crippen molar-refractivity contribution in [2.24, 2.45) is 11.7 Å². The number of hydrogen-bond donors (Lipinski definition) is 1. The van der Waals surface area contributed by atoms with Gasteiger partial charge >= 0.3 is 0 Å². The van der Waals surface area contributed by atoms with Gasteiger partial charge in [0.05, 0.1) is 12.3 Å². The normalized spacial score (nSPS) is 21.0. The maximum atomic E-state index is 14.3. The lowest BCUT2D eigenvalue weighted by Crippen LogP contribution is -2.40. The van der Waals surface area contributed by atoms with Crippen molar-refractivity contribution in [2.75, 3.05) is 24.6 Å². The second kappa shape index (κ2) is 6.65. The summed E-state index contributed by atoms with van der Waals surface area (Å²) in [7, 11) is 0. The molecule has 3 nitrogen and oxygen atoms in total. The Morgan fingerprint density at radius 2 is 1.86 bits per heavy atom. The average Bonchev–Trinajstić information content (AvgIpc) is 3.00. The van der Waals surface area contributed by atoms with Gasteiger partial charge in [-0.05, 0) is 43.7 Å². The second-order valence-corrected chi connectivity index (χ2v) is 6.40. The van der Waals surface area contributed by atoms with Crippen molar-refractivity contribution in [3.05, 3.63) is 24.0 Å². The summed E-state index contributed by atoms with van der Waals surface area (Å²) in [5.74, 6) is 1.11. The average molecular weight is 292 g/mol. The fourth-order valence-corrected chi connectivity index (χ4v) is 3.37. The van der Waals surface area contributed by atoms with Crippen LogP contribution in [-0.4, -0.2) is 25.7 Å². The molecule has 1 aliphatic carbocycles.